The molecule has 2 N–H and O–H groups in total. The van der Waals surface area contributed by atoms with Gasteiger partial charge in [0.2, 0.25) is 5.91 Å². The Morgan fingerprint density at radius 2 is 2.22 bits per heavy atom. The van der Waals surface area contributed by atoms with Crippen molar-refractivity contribution >= 4 is 35.0 Å². The topological polar surface area (TPSA) is 82.5 Å². The number of hydrogen-bond acceptors (Lipinski definition) is 6. The predicted octanol–water partition coefficient (Wildman–Crippen LogP) is 3.73. The van der Waals surface area contributed by atoms with Gasteiger partial charge < -0.3 is 15.3 Å². The lowest BCUT2D eigenvalue weighted by molar-refractivity contribution is -0.128. The maximum absolute atomic E-state index is 12.2. The number of thioether (sulfide) groups is 1. The van der Waals surface area contributed by atoms with Crippen LogP contribution in [-0.2, 0) is 4.79 Å². The van der Waals surface area contributed by atoms with Crippen molar-refractivity contribution in [1.29, 1.82) is 0 Å². The van der Waals surface area contributed by atoms with Crippen molar-refractivity contribution < 1.29 is 14.7 Å². The summed E-state index contributed by atoms with van der Waals surface area (Å²) in [4.78, 5) is 29.2. The van der Waals surface area contributed by atoms with Gasteiger partial charge in [0.05, 0.1) is 0 Å². The molecule has 0 aliphatic carbocycles. The second-order valence-electron chi connectivity index (χ2n) is 7.57. The van der Waals surface area contributed by atoms with Crippen LogP contribution in [0, 0.1) is 5.92 Å². The Labute approximate surface area is 170 Å². The molecule has 6 nitrogen and oxygen atoms in total. The van der Waals surface area contributed by atoms with Crippen LogP contribution >= 0.6 is 23.1 Å². The molecule has 0 spiro atoms. The molecule has 1 aliphatic heterocycles. The molecule has 152 valence electrons. The minimum Gasteiger partial charge on any atom is -0.476 e. The van der Waals surface area contributed by atoms with Crippen LogP contribution in [0.3, 0.4) is 0 Å². The molecule has 2 atom stereocenters. The fourth-order valence-electron chi connectivity index (χ4n) is 3.24. The number of rotatable bonds is 12. The Hall–Kier alpha value is -1.12. The summed E-state index contributed by atoms with van der Waals surface area (Å²) in [5.41, 5.74) is 0.0910. The zero-order valence-corrected chi connectivity index (χ0v) is 18.1. The molecule has 2 rings (SSSR count). The van der Waals surface area contributed by atoms with Gasteiger partial charge in [0.15, 0.2) is 10.0 Å². The number of likely N-dealkylation sites (tertiary alicyclic amines) is 1. The zero-order valence-electron chi connectivity index (χ0n) is 16.4. The summed E-state index contributed by atoms with van der Waals surface area (Å²) >= 11 is 2.86. The van der Waals surface area contributed by atoms with Gasteiger partial charge in [-0.05, 0) is 25.7 Å². The lowest BCUT2D eigenvalue weighted by Crippen LogP contribution is -2.43. The first-order chi connectivity index (χ1) is 12.9. The highest BCUT2D eigenvalue weighted by Gasteiger charge is 2.30. The number of carbonyl (C=O) groups is 2. The van der Waals surface area contributed by atoms with E-state index >= 15 is 0 Å². The summed E-state index contributed by atoms with van der Waals surface area (Å²) in [7, 11) is 0. The van der Waals surface area contributed by atoms with Gasteiger partial charge in [-0.3, -0.25) is 4.79 Å². The fraction of sp³-hybridized carbons (Fsp3) is 0.737. The van der Waals surface area contributed by atoms with E-state index in [0.29, 0.717) is 19.0 Å². The SMILES string of the molecule is CC(C)CCCC(C)NC[C@H]1CCC(=O)N1CCSc1nc(C(=O)O)cs1. The number of thiazole rings is 1. The molecule has 0 aromatic carbocycles. The molecule has 1 fully saturated rings. The minimum absolute atomic E-state index is 0.0910. The molecule has 2 heterocycles. The van der Waals surface area contributed by atoms with Gasteiger partial charge in [0.25, 0.3) is 0 Å². The molecule has 1 unspecified atom stereocenters. The first kappa shape index (κ1) is 22.2. The molecule has 27 heavy (non-hydrogen) atoms. The molecule has 0 saturated carbocycles. The van der Waals surface area contributed by atoms with Gasteiger partial charge in [-0.15, -0.1) is 11.3 Å². The van der Waals surface area contributed by atoms with Gasteiger partial charge in [-0.2, -0.15) is 0 Å². The summed E-state index contributed by atoms with van der Waals surface area (Å²) in [6.07, 6.45) is 5.21. The maximum Gasteiger partial charge on any atom is 0.355 e. The molecule has 1 saturated heterocycles. The van der Waals surface area contributed by atoms with Crippen LogP contribution in [0.5, 0.6) is 0 Å². The van der Waals surface area contributed by atoms with E-state index < -0.39 is 5.97 Å². The standard InChI is InChI=1S/C19H31N3O3S2/c1-13(2)5-4-6-14(3)20-11-15-7-8-17(23)22(15)9-10-26-19-21-16(12-27-19)18(24)25/h12-15,20H,4-11H2,1-3H3,(H,24,25)/t14?,15-/m1/s1. The largest absolute Gasteiger partial charge is 0.476 e. The third-order valence-electron chi connectivity index (χ3n) is 4.83. The Kier molecular flexibility index (Phi) is 9.05. The van der Waals surface area contributed by atoms with E-state index in [-0.39, 0.29) is 17.6 Å². The summed E-state index contributed by atoms with van der Waals surface area (Å²) in [6, 6.07) is 0.733. The normalized spacial score (nSPS) is 18.4. The number of carboxylic acids is 1. The van der Waals surface area contributed by atoms with E-state index in [9.17, 15) is 9.59 Å². The minimum atomic E-state index is -0.999. The van der Waals surface area contributed by atoms with Crippen molar-refractivity contribution in [3.8, 4) is 0 Å². The first-order valence-corrected chi connectivity index (χ1v) is 11.6. The third-order valence-corrected chi connectivity index (χ3v) is 6.83. The number of amides is 1. The Balaban J connectivity index is 1.72. The van der Waals surface area contributed by atoms with Gasteiger partial charge in [-0.25, -0.2) is 9.78 Å². The van der Waals surface area contributed by atoms with Crippen molar-refractivity contribution in [3.63, 3.8) is 0 Å². The van der Waals surface area contributed by atoms with Crippen LogP contribution < -0.4 is 5.32 Å². The highest BCUT2D eigenvalue weighted by molar-refractivity contribution is 8.01. The van der Waals surface area contributed by atoms with Crippen molar-refractivity contribution in [2.75, 3.05) is 18.8 Å². The number of aromatic nitrogens is 1. The number of carbonyl (C=O) groups excluding carboxylic acids is 1. The quantitative estimate of drug-likeness (QED) is 0.508. The smallest absolute Gasteiger partial charge is 0.355 e. The second-order valence-corrected chi connectivity index (χ2v) is 9.77. The van der Waals surface area contributed by atoms with Crippen molar-refractivity contribution in [2.24, 2.45) is 5.92 Å². The third kappa shape index (κ3) is 7.43. The highest BCUT2D eigenvalue weighted by atomic mass is 32.2. The van der Waals surface area contributed by atoms with Crippen molar-refractivity contribution in [2.45, 2.75) is 69.3 Å². The fourth-order valence-corrected chi connectivity index (χ4v) is 5.05. The van der Waals surface area contributed by atoms with Crippen LogP contribution in [0.2, 0.25) is 0 Å². The molecule has 1 aromatic heterocycles. The first-order valence-electron chi connectivity index (χ1n) is 9.71. The summed E-state index contributed by atoms with van der Waals surface area (Å²) in [5, 5.41) is 14.1. The van der Waals surface area contributed by atoms with Gasteiger partial charge in [-0.1, -0.05) is 38.5 Å². The van der Waals surface area contributed by atoms with E-state index in [1.807, 2.05) is 4.90 Å². The highest BCUT2D eigenvalue weighted by Crippen LogP contribution is 2.25. The van der Waals surface area contributed by atoms with E-state index in [2.05, 4.69) is 31.1 Å². The Morgan fingerprint density at radius 1 is 1.44 bits per heavy atom. The number of carboxylic acid groups (broad SMARTS) is 1. The molecule has 0 bridgehead atoms. The Morgan fingerprint density at radius 3 is 2.89 bits per heavy atom. The summed E-state index contributed by atoms with van der Waals surface area (Å²) in [5.74, 6) is 0.711. The summed E-state index contributed by atoms with van der Waals surface area (Å²) < 4.78 is 0.743. The predicted molar refractivity (Wildman–Crippen MR) is 111 cm³/mol. The lowest BCUT2D eigenvalue weighted by Gasteiger charge is -2.26. The van der Waals surface area contributed by atoms with Crippen molar-refractivity contribution in [1.82, 2.24) is 15.2 Å². The van der Waals surface area contributed by atoms with Crippen LogP contribution in [0.4, 0.5) is 0 Å². The van der Waals surface area contributed by atoms with E-state index in [4.69, 9.17) is 5.11 Å². The number of nitrogens with zero attached hydrogens (tertiary/aromatic N) is 2. The number of nitrogens with one attached hydrogen (secondary N) is 1. The van der Waals surface area contributed by atoms with Crippen LogP contribution in [0.1, 0.15) is 63.4 Å². The average molecular weight is 414 g/mol. The number of aromatic carboxylic acids is 1. The molecule has 1 aliphatic rings. The van der Waals surface area contributed by atoms with Crippen LogP contribution in [0.15, 0.2) is 9.72 Å². The molecular formula is C19H31N3O3S2. The zero-order chi connectivity index (χ0) is 19.8. The second kappa shape index (κ2) is 11.0. The van der Waals surface area contributed by atoms with Crippen LogP contribution in [-0.4, -0.2) is 57.8 Å². The van der Waals surface area contributed by atoms with Gasteiger partial charge in [0, 0.05) is 42.7 Å². The van der Waals surface area contributed by atoms with Gasteiger partial charge >= 0.3 is 5.97 Å². The van der Waals surface area contributed by atoms with E-state index in [1.165, 1.54) is 42.4 Å². The number of hydrogen-bond donors (Lipinski definition) is 2. The monoisotopic (exact) mass is 413 g/mol. The molecular weight excluding hydrogens is 382 g/mol. The molecule has 0 radical (unpaired) electrons. The average Bonchev–Trinajstić information content (AvgIpc) is 3.21. The Bertz CT molecular complexity index is 621. The molecule has 8 heteroatoms. The van der Waals surface area contributed by atoms with Crippen LogP contribution in [0.25, 0.3) is 0 Å². The maximum atomic E-state index is 12.2. The summed E-state index contributed by atoms with van der Waals surface area (Å²) in [6.45, 7) is 8.26. The van der Waals surface area contributed by atoms with E-state index in [1.54, 1.807) is 5.38 Å². The molecule has 1 aromatic rings. The lowest BCUT2D eigenvalue weighted by atomic mass is 10.0. The van der Waals surface area contributed by atoms with Crippen molar-refractivity contribution in [3.05, 3.63) is 11.1 Å². The molecule has 1 amide bonds. The van der Waals surface area contributed by atoms with Gasteiger partial charge in [0.1, 0.15) is 0 Å². The van der Waals surface area contributed by atoms with E-state index in [0.717, 1.165) is 29.0 Å².